The van der Waals surface area contributed by atoms with E-state index in [0.717, 1.165) is 5.56 Å². The number of nitrogens with zero attached hydrogens (tertiary/aromatic N) is 3. The Kier molecular flexibility index (Phi) is 6.83. The van der Waals surface area contributed by atoms with Gasteiger partial charge in [0.2, 0.25) is 11.8 Å². The van der Waals surface area contributed by atoms with Crippen molar-refractivity contribution in [2.45, 2.75) is 31.0 Å². The molecule has 2 rings (SSSR count). The second-order valence-corrected chi connectivity index (χ2v) is 6.87. The zero-order valence-corrected chi connectivity index (χ0v) is 15.6. The number of amides is 2. The highest BCUT2D eigenvalue weighted by molar-refractivity contribution is 7.99. The minimum atomic E-state index is -0.384. The van der Waals surface area contributed by atoms with Gasteiger partial charge in [0.1, 0.15) is 5.82 Å². The Labute approximate surface area is 155 Å². The predicted octanol–water partition coefficient (Wildman–Crippen LogP) is 1.86. The highest BCUT2D eigenvalue weighted by Gasteiger charge is 2.15. The molecule has 0 aliphatic carbocycles. The third-order valence-electron chi connectivity index (χ3n) is 3.60. The number of aryl methyl sites for hydroxylation is 1. The Morgan fingerprint density at radius 3 is 2.76 bits per heavy atom. The molecule has 0 spiro atoms. The molecule has 1 aromatic carbocycles. The molecule has 2 amide bonds. The molecule has 2 aromatic rings. The zero-order valence-electron chi connectivity index (χ0n) is 14.0. The molecular weight excluding hydrogens is 362 g/mol. The first-order valence-corrected chi connectivity index (χ1v) is 9.08. The van der Waals surface area contributed by atoms with Crippen molar-refractivity contribution in [3.63, 3.8) is 0 Å². The van der Waals surface area contributed by atoms with E-state index in [4.69, 9.17) is 17.3 Å². The molecule has 1 atom stereocenters. The van der Waals surface area contributed by atoms with E-state index >= 15 is 0 Å². The van der Waals surface area contributed by atoms with E-state index in [0.29, 0.717) is 22.4 Å². The van der Waals surface area contributed by atoms with Crippen molar-refractivity contribution in [1.29, 1.82) is 0 Å². The summed E-state index contributed by atoms with van der Waals surface area (Å²) < 4.78 is 1.76. The summed E-state index contributed by atoms with van der Waals surface area (Å²) >= 11 is 7.42. The number of thioether (sulfide) groups is 1. The molecule has 0 bridgehead atoms. The smallest absolute Gasteiger partial charge is 0.230 e. The highest BCUT2D eigenvalue weighted by atomic mass is 35.5. The molecule has 0 unspecified atom stereocenters. The Bertz CT molecular complexity index is 765. The van der Waals surface area contributed by atoms with Gasteiger partial charge in [0.05, 0.1) is 11.8 Å². The van der Waals surface area contributed by atoms with Gasteiger partial charge >= 0.3 is 0 Å². The minimum Gasteiger partial charge on any atom is -0.370 e. The lowest BCUT2D eigenvalue weighted by atomic mass is 10.1. The van der Waals surface area contributed by atoms with Crippen molar-refractivity contribution in [2.24, 2.45) is 12.8 Å². The standard InChI is InChI=1S/C16H20ClN5O2S/c1-10(11-5-3-4-6-12(11)17)19-15(24)9-25-16-21-20-14(22(16)2)8-7-13(18)23/h3-6,10H,7-9H2,1-2H3,(H2,18,23)(H,19,24)/t10-/m1/s1. The summed E-state index contributed by atoms with van der Waals surface area (Å²) in [5.74, 6) is 0.353. The zero-order chi connectivity index (χ0) is 18.4. The quantitative estimate of drug-likeness (QED) is 0.679. The van der Waals surface area contributed by atoms with E-state index in [9.17, 15) is 9.59 Å². The first kappa shape index (κ1) is 19.3. The molecule has 0 aliphatic rings. The molecular formula is C16H20ClN5O2S. The summed E-state index contributed by atoms with van der Waals surface area (Å²) in [6, 6.07) is 7.22. The van der Waals surface area contributed by atoms with Crippen LogP contribution in [0.1, 0.15) is 30.8 Å². The molecule has 0 saturated heterocycles. The van der Waals surface area contributed by atoms with Crippen LogP contribution in [0.5, 0.6) is 0 Å². The highest BCUT2D eigenvalue weighted by Crippen LogP contribution is 2.22. The summed E-state index contributed by atoms with van der Waals surface area (Å²) in [6.07, 6.45) is 0.640. The molecule has 9 heteroatoms. The number of hydrogen-bond donors (Lipinski definition) is 2. The third-order valence-corrected chi connectivity index (χ3v) is 4.97. The Morgan fingerprint density at radius 2 is 2.08 bits per heavy atom. The molecule has 0 fully saturated rings. The Hall–Kier alpha value is -2.06. The summed E-state index contributed by atoms with van der Waals surface area (Å²) in [7, 11) is 1.79. The monoisotopic (exact) mass is 381 g/mol. The fourth-order valence-electron chi connectivity index (χ4n) is 2.24. The lowest BCUT2D eigenvalue weighted by Gasteiger charge is -2.15. The molecule has 0 radical (unpaired) electrons. The van der Waals surface area contributed by atoms with Crippen LogP contribution in [0, 0.1) is 0 Å². The predicted molar refractivity (Wildman–Crippen MR) is 97.3 cm³/mol. The topological polar surface area (TPSA) is 103 Å². The van der Waals surface area contributed by atoms with Crippen LogP contribution in [0.15, 0.2) is 29.4 Å². The summed E-state index contributed by atoms with van der Waals surface area (Å²) in [6.45, 7) is 1.88. The molecule has 1 heterocycles. The lowest BCUT2D eigenvalue weighted by molar-refractivity contribution is -0.119. The second-order valence-electron chi connectivity index (χ2n) is 5.52. The van der Waals surface area contributed by atoms with E-state index in [1.54, 1.807) is 17.7 Å². The number of carbonyl (C=O) groups is 2. The average molecular weight is 382 g/mol. The SMILES string of the molecule is C[C@@H](NC(=O)CSc1nnc(CCC(N)=O)n1C)c1ccccc1Cl. The molecule has 25 heavy (non-hydrogen) atoms. The fraction of sp³-hybridized carbons (Fsp3) is 0.375. The molecule has 7 nitrogen and oxygen atoms in total. The number of nitrogens with one attached hydrogen (secondary N) is 1. The van der Waals surface area contributed by atoms with Crippen molar-refractivity contribution < 1.29 is 9.59 Å². The molecule has 1 aromatic heterocycles. The van der Waals surface area contributed by atoms with Gasteiger partial charge in [0.15, 0.2) is 5.16 Å². The van der Waals surface area contributed by atoms with Gasteiger partial charge in [0, 0.05) is 24.9 Å². The number of nitrogens with two attached hydrogens (primary N) is 1. The van der Waals surface area contributed by atoms with Gasteiger partial charge in [-0.05, 0) is 18.6 Å². The first-order chi connectivity index (χ1) is 11.9. The Morgan fingerprint density at radius 1 is 1.36 bits per heavy atom. The van der Waals surface area contributed by atoms with Crippen molar-refractivity contribution in [2.75, 3.05) is 5.75 Å². The first-order valence-electron chi connectivity index (χ1n) is 7.71. The minimum absolute atomic E-state index is 0.126. The van der Waals surface area contributed by atoms with Crippen LogP contribution in [0.3, 0.4) is 0 Å². The molecule has 134 valence electrons. The van der Waals surface area contributed by atoms with Crippen LogP contribution in [0.2, 0.25) is 5.02 Å². The van der Waals surface area contributed by atoms with Crippen molar-refractivity contribution in [3.05, 3.63) is 40.7 Å². The van der Waals surface area contributed by atoms with Gasteiger partial charge in [-0.1, -0.05) is 41.6 Å². The van der Waals surface area contributed by atoms with Crippen LogP contribution >= 0.6 is 23.4 Å². The van der Waals surface area contributed by atoms with Gasteiger partial charge in [-0.2, -0.15) is 0 Å². The number of halogens is 1. The number of hydrogen-bond acceptors (Lipinski definition) is 5. The molecule has 3 N–H and O–H groups in total. The van der Waals surface area contributed by atoms with Gasteiger partial charge in [0.25, 0.3) is 0 Å². The van der Waals surface area contributed by atoms with E-state index in [1.807, 2.05) is 25.1 Å². The number of aromatic nitrogens is 3. The Balaban J connectivity index is 1.88. The maximum Gasteiger partial charge on any atom is 0.230 e. The van der Waals surface area contributed by atoms with Crippen molar-refractivity contribution in [3.8, 4) is 0 Å². The number of primary amides is 1. The molecule has 0 aliphatic heterocycles. The average Bonchev–Trinajstić information content (AvgIpc) is 2.91. The van der Waals surface area contributed by atoms with Crippen LogP contribution in [-0.2, 0) is 23.1 Å². The maximum absolute atomic E-state index is 12.2. The third kappa shape index (κ3) is 5.47. The van der Waals surface area contributed by atoms with Gasteiger partial charge in [-0.3, -0.25) is 9.59 Å². The summed E-state index contributed by atoms with van der Waals surface area (Å²) in [5.41, 5.74) is 6.01. The largest absolute Gasteiger partial charge is 0.370 e. The normalized spacial score (nSPS) is 12.0. The van der Waals surface area contributed by atoms with Crippen LogP contribution in [0.4, 0.5) is 0 Å². The number of benzene rings is 1. The summed E-state index contributed by atoms with van der Waals surface area (Å²) in [5, 5.41) is 12.2. The van der Waals surface area contributed by atoms with Crippen LogP contribution in [-0.4, -0.2) is 32.3 Å². The van der Waals surface area contributed by atoms with Crippen molar-refractivity contribution >= 4 is 35.2 Å². The van der Waals surface area contributed by atoms with Gasteiger partial charge < -0.3 is 15.6 Å². The van der Waals surface area contributed by atoms with E-state index in [1.165, 1.54) is 11.8 Å². The van der Waals surface area contributed by atoms with Crippen molar-refractivity contribution in [1.82, 2.24) is 20.1 Å². The number of carbonyl (C=O) groups excluding carboxylic acids is 2. The van der Waals surface area contributed by atoms with Gasteiger partial charge in [-0.15, -0.1) is 10.2 Å². The van der Waals surface area contributed by atoms with Crippen LogP contribution in [0.25, 0.3) is 0 Å². The lowest BCUT2D eigenvalue weighted by Crippen LogP contribution is -2.28. The van der Waals surface area contributed by atoms with E-state index in [-0.39, 0.29) is 30.0 Å². The number of rotatable bonds is 8. The van der Waals surface area contributed by atoms with Gasteiger partial charge in [-0.25, -0.2) is 0 Å². The van der Waals surface area contributed by atoms with E-state index < -0.39 is 0 Å². The van der Waals surface area contributed by atoms with Crippen LogP contribution < -0.4 is 11.1 Å². The fourth-order valence-corrected chi connectivity index (χ4v) is 3.28. The molecule has 0 saturated carbocycles. The maximum atomic E-state index is 12.2. The summed E-state index contributed by atoms with van der Waals surface area (Å²) in [4.78, 5) is 23.0. The second kappa shape index (κ2) is 8.87. The van der Waals surface area contributed by atoms with E-state index in [2.05, 4.69) is 15.5 Å².